The molecule has 4 rings (SSSR count). The normalized spacial score (nSPS) is 12.5. The minimum Gasteiger partial charge on any atom is -1.00 e. The van der Waals surface area contributed by atoms with Gasteiger partial charge in [-0.2, -0.15) is 18.6 Å². The van der Waals surface area contributed by atoms with Crippen molar-refractivity contribution >= 4 is 59.3 Å². The summed E-state index contributed by atoms with van der Waals surface area (Å²) < 4.78 is 178. The van der Waals surface area contributed by atoms with Crippen LogP contribution in [0, 0.1) is 123 Å². The van der Waals surface area contributed by atoms with E-state index in [1.165, 1.54) is 24.3 Å². The summed E-state index contributed by atoms with van der Waals surface area (Å²) in [7, 11) is -17.0. The van der Waals surface area contributed by atoms with Crippen LogP contribution in [0.3, 0.4) is 0 Å². The first-order chi connectivity index (χ1) is 34.3. The standard InChI is InChI=1S/C17H29FO2SSi.C13H19FO2S.C12H18FNO2S.C12H17FO2S.Ac.FH.H3NO4S.Na.H2O/c1-12-13(2)16(15(18)11-14(12)17(3,4)5)21(19,20)9-10-22(6,7)8;1-8-9(2)12(17(6,15)16)11(14)7-10(8)13(3,4)5;1-7-8(2)11(17(14,15)16)10(13)6-9(7)12(3,4)5;1-7-8(2)11(16(14)15)10(13)6-9(7)12(3,4)5;;;1-5-6(2,3)4;;/h11H,9-10H2,1-8H3;7H,1-6H3;6H,1-5H3,(H2,14,15,16);6H,1-5H3,(H,14,15);;1H;1H2,(H,2,3,4);;1H2/q;;;;;;;+1;/p-3. The molecule has 4 aromatic carbocycles. The van der Waals surface area contributed by atoms with Crippen LogP contribution in [0.15, 0.2) is 43.8 Å². The molecular weight excluding hydrogens is 1420 g/mol. The molecule has 6 N–H and O–H groups in total. The van der Waals surface area contributed by atoms with E-state index in [2.05, 4.69) is 29.8 Å². The first kappa shape index (κ1) is 89.7. The molecule has 0 spiro atoms. The van der Waals surface area contributed by atoms with E-state index < -0.39 is 87.4 Å². The molecule has 0 amide bonds. The number of benzene rings is 4. The van der Waals surface area contributed by atoms with Crippen LogP contribution in [0.4, 0.5) is 17.6 Å². The molecule has 0 aliphatic rings. The fraction of sp³-hybridized carbons (Fsp3) is 0.556. The Labute approximate surface area is 548 Å². The van der Waals surface area contributed by atoms with E-state index in [9.17, 15) is 60.0 Å². The molecule has 1 radical (unpaired) electrons. The number of hydrogen-bond acceptors (Lipinski definition) is 13. The molecule has 0 fully saturated rings. The van der Waals surface area contributed by atoms with E-state index in [4.69, 9.17) is 9.69 Å². The van der Waals surface area contributed by atoms with Gasteiger partial charge in [-0.15, -0.1) is 0 Å². The third-order valence-electron chi connectivity index (χ3n) is 12.8. The minimum atomic E-state index is -4.38. The predicted molar refractivity (Wildman–Crippen MR) is 309 cm³/mol. The molecule has 4 aromatic rings. The van der Waals surface area contributed by atoms with Crippen LogP contribution in [-0.2, 0) is 77.1 Å². The fourth-order valence-electron chi connectivity index (χ4n) is 8.46. The van der Waals surface area contributed by atoms with Gasteiger partial charge in [0, 0.05) is 58.4 Å². The second-order valence-electron chi connectivity index (χ2n) is 24.6. The van der Waals surface area contributed by atoms with Crippen molar-refractivity contribution in [2.24, 2.45) is 11.0 Å². The van der Waals surface area contributed by atoms with Crippen molar-refractivity contribution in [2.75, 3.05) is 12.0 Å². The van der Waals surface area contributed by atoms with Gasteiger partial charge in [-0.3, -0.25) is 8.76 Å². The van der Waals surface area contributed by atoms with Gasteiger partial charge in [-0.1, -0.05) is 103 Å². The van der Waals surface area contributed by atoms with Gasteiger partial charge in [-0.05, 0) is 185 Å². The first-order valence-electron chi connectivity index (χ1n) is 24.4. The summed E-state index contributed by atoms with van der Waals surface area (Å²) in [5, 5.41) is 5.02. The Morgan fingerprint density at radius 1 is 0.549 bits per heavy atom. The van der Waals surface area contributed by atoms with Gasteiger partial charge in [0.05, 0.1) is 10.6 Å². The number of sulfonamides is 1. The average molecular weight is 1500 g/mol. The predicted octanol–water partition coefficient (Wildman–Crippen LogP) is 5.87. The maximum atomic E-state index is 14.6. The zero-order valence-electron chi connectivity index (χ0n) is 52.3. The molecule has 465 valence electrons. The number of hydrogen-bond donors (Lipinski definition) is 3. The van der Waals surface area contributed by atoms with Crippen molar-refractivity contribution < 1.29 is 153 Å². The van der Waals surface area contributed by atoms with Crippen LogP contribution in [0.1, 0.15) is 150 Å². The molecule has 82 heavy (non-hydrogen) atoms. The van der Waals surface area contributed by atoms with Gasteiger partial charge >= 0.3 is 40.0 Å². The summed E-state index contributed by atoms with van der Waals surface area (Å²) in [5.74, 6) is 1.30. The Morgan fingerprint density at radius 2 is 0.793 bits per heavy atom. The molecular formula is C54H86AcF5N2NaO13S5Si-2. The van der Waals surface area contributed by atoms with Crippen LogP contribution in [0.25, 0.3) is 0 Å². The van der Waals surface area contributed by atoms with Gasteiger partial charge in [-0.25, -0.2) is 48.0 Å². The van der Waals surface area contributed by atoms with Gasteiger partial charge in [0.25, 0.3) is 0 Å². The largest absolute Gasteiger partial charge is 1.00 e. The Hall–Kier alpha value is -1.10. The van der Waals surface area contributed by atoms with E-state index in [1.807, 2.05) is 104 Å². The second-order valence-corrected chi connectivity index (χ2v) is 37.7. The van der Waals surface area contributed by atoms with E-state index in [0.717, 1.165) is 50.8 Å². The summed E-state index contributed by atoms with van der Waals surface area (Å²) in [4.78, 5) is -0.896. The second kappa shape index (κ2) is 32.9. The van der Waals surface area contributed by atoms with Crippen LogP contribution in [-0.4, -0.2) is 72.5 Å². The van der Waals surface area contributed by atoms with Gasteiger partial charge in [0.1, 0.15) is 38.0 Å². The van der Waals surface area contributed by atoms with Gasteiger partial charge in [0.2, 0.25) is 10.0 Å². The molecule has 0 heterocycles. The van der Waals surface area contributed by atoms with Crippen LogP contribution >= 0.6 is 0 Å². The van der Waals surface area contributed by atoms with Crippen molar-refractivity contribution in [1.82, 2.24) is 0 Å². The number of sulfone groups is 2. The van der Waals surface area contributed by atoms with Crippen molar-refractivity contribution in [1.29, 1.82) is 0 Å². The van der Waals surface area contributed by atoms with E-state index in [1.54, 1.807) is 34.6 Å². The Balaban J connectivity index is -0.000000307. The number of rotatable bonds is 8. The average Bonchev–Trinajstić information content (AvgIpc) is 3.20. The van der Waals surface area contributed by atoms with E-state index in [0.29, 0.717) is 28.3 Å². The summed E-state index contributed by atoms with van der Waals surface area (Å²) in [6.45, 7) is 44.0. The van der Waals surface area contributed by atoms with Crippen LogP contribution in [0.2, 0.25) is 25.7 Å². The number of halogens is 5. The van der Waals surface area contributed by atoms with Crippen LogP contribution < -0.4 is 45.3 Å². The minimum absolute atomic E-state index is 0. The third-order valence-corrected chi connectivity index (χ3v) is 20.2. The van der Waals surface area contributed by atoms with Gasteiger partial charge < -0.3 is 14.7 Å². The third kappa shape index (κ3) is 26.3. The quantitative estimate of drug-likeness (QED) is 0.0612. The van der Waals surface area contributed by atoms with Crippen molar-refractivity contribution in [3.63, 3.8) is 0 Å². The molecule has 1 atom stereocenters. The Morgan fingerprint density at radius 3 is 1.04 bits per heavy atom. The molecule has 15 nitrogen and oxygen atoms in total. The Bertz CT molecular complexity index is 3250. The molecule has 0 saturated heterocycles. The molecule has 0 bridgehead atoms. The van der Waals surface area contributed by atoms with Crippen LogP contribution in [0.5, 0.6) is 0 Å². The maximum Gasteiger partial charge on any atom is 1.00 e. The maximum absolute atomic E-state index is 14.6. The monoisotopic (exact) mass is 1500 g/mol. The zero-order valence-corrected chi connectivity index (χ0v) is 64.1. The van der Waals surface area contributed by atoms with E-state index >= 15 is 0 Å². The SMILES string of the molecule is Cc1c(C(C)(C)C)cc(F)c(S(=O)(=O)CC[Si](C)(C)C)c1C.Cc1c(C(C)(C)C)cc(F)c(S(=O)[O-])c1C.Cc1c(C(C)(C)C)cc(F)c(S(C)(=O)=O)c1C.Cc1c(C(C)(C)C)cc(F)c(S(N)(=O)=O)c1C.NOS(=O)(=O)O.[Ac].[F-].[Na+].[OH-]. The molecule has 1 unspecified atom stereocenters. The molecule has 0 saturated carbocycles. The number of nitrogens with two attached hydrogens (primary N) is 2. The first-order valence-corrected chi connectivity index (χ1v) is 35.7. The molecule has 0 aliphatic heterocycles. The van der Waals surface area contributed by atoms with E-state index in [-0.39, 0.29) is 126 Å². The molecule has 28 heteroatoms. The smallest absolute Gasteiger partial charge is 1.00 e. The van der Waals surface area contributed by atoms with Crippen molar-refractivity contribution in [2.45, 2.75) is 205 Å². The summed E-state index contributed by atoms with van der Waals surface area (Å²) >= 11 is -2.52. The van der Waals surface area contributed by atoms with Crippen molar-refractivity contribution in [3.05, 3.63) is 114 Å². The summed E-state index contributed by atoms with van der Waals surface area (Å²) in [6.07, 6.45) is 1.04. The Kier molecular flexibility index (Phi) is 36.0. The zero-order chi connectivity index (χ0) is 62.6. The number of primary sulfonamides is 1. The topological polar surface area (TPSA) is 288 Å². The van der Waals surface area contributed by atoms with Gasteiger partial charge in [0.15, 0.2) is 19.7 Å². The summed E-state index contributed by atoms with van der Waals surface area (Å²) in [5.41, 5.74) is 7.78. The molecule has 0 aromatic heterocycles. The summed E-state index contributed by atoms with van der Waals surface area (Å²) in [6, 6.07) is 5.99. The van der Waals surface area contributed by atoms with Crippen molar-refractivity contribution in [3.8, 4) is 0 Å². The molecule has 0 aliphatic carbocycles. The fourth-order valence-corrected chi connectivity index (χ4v) is 15.8.